The van der Waals surface area contributed by atoms with Gasteiger partial charge in [0.15, 0.2) is 0 Å². The van der Waals surface area contributed by atoms with Gasteiger partial charge >= 0.3 is 6.18 Å². The van der Waals surface area contributed by atoms with E-state index in [-0.39, 0.29) is 0 Å². The minimum absolute atomic E-state index is 0.395. The van der Waals surface area contributed by atoms with Crippen molar-refractivity contribution in [1.82, 2.24) is 4.98 Å². The number of ether oxygens (including phenoxy) is 1. The van der Waals surface area contributed by atoms with Crippen molar-refractivity contribution < 1.29 is 17.9 Å². The normalized spacial score (nSPS) is 11.9. The molecule has 0 aliphatic heterocycles. The van der Waals surface area contributed by atoms with E-state index in [4.69, 9.17) is 4.74 Å². The molecule has 1 aromatic heterocycles. The number of benzene rings is 1. The van der Waals surface area contributed by atoms with Gasteiger partial charge in [0.1, 0.15) is 0 Å². The summed E-state index contributed by atoms with van der Waals surface area (Å²) in [6.07, 6.45) is -4.32. The largest absolute Gasteiger partial charge is 0.416 e. The van der Waals surface area contributed by atoms with Crippen LogP contribution in [0.25, 0.3) is 11.3 Å². The third-order valence-electron chi connectivity index (χ3n) is 3.02. The molecule has 0 bridgehead atoms. The van der Waals surface area contributed by atoms with Crippen LogP contribution in [-0.2, 0) is 17.5 Å². The number of alkyl halides is 3. The van der Waals surface area contributed by atoms with Gasteiger partial charge in [-0.15, -0.1) is 0 Å². The Morgan fingerprint density at radius 3 is 2.32 bits per heavy atom. The van der Waals surface area contributed by atoms with E-state index in [0.717, 1.165) is 17.8 Å². The topological polar surface area (TPSA) is 22.1 Å². The van der Waals surface area contributed by atoms with Crippen LogP contribution in [0.3, 0.4) is 0 Å². The predicted molar refractivity (Wildman–Crippen MR) is 79.2 cm³/mol. The van der Waals surface area contributed by atoms with Gasteiger partial charge in [0, 0.05) is 12.2 Å². The molecule has 5 heteroatoms. The highest BCUT2D eigenvalue weighted by Gasteiger charge is 2.29. The quantitative estimate of drug-likeness (QED) is 0.780. The van der Waals surface area contributed by atoms with Crippen molar-refractivity contribution in [3.8, 4) is 11.3 Å². The minimum Gasteiger partial charge on any atom is -0.375 e. The molecule has 0 aliphatic carbocycles. The maximum Gasteiger partial charge on any atom is 0.416 e. The van der Waals surface area contributed by atoms with E-state index in [1.54, 1.807) is 6.07 Å². The third-order valence-corrected chi connectivity index (χ3v) is 3.02. The summed E-state index contributed by atoms with van der Waals surface area (Å²) >= 11 is 0. The summed E-state index contributed by atoms with van der Waals surface area (Å²) in [5, 5.41) is 0. The monoisotopic (exact) mass is 309 g/mol. The van der Waals surface area contributed by atoms with Crippen LogP contribution >= 0.6 is 0 Å². The SMILES string of the molecule is CC(C)COCc1cccc(-c2ccc(C(F)(F)F)cc2)n1. The van der Waals surface area contributed by atoms with Gasteiger partial charge < -0.3 is 4.74 Å². The van der Waals surface area contributed by atoms with Gasteiger partial charge in [-0.2, -0.15) is 13.2 Å². The van der Waals surface area contributed by atoms with Crippen molar-refractivity contribution >= 4 is 0 Å². The first kappa shape index (κ1) is 16.5. The molecule has 2 aromatic rings. The second-order valence-corrected chi connectivity index (χ2v) is 5.50. The number of hydrogen-bond acceptors (Lipinski definition) is 2. The lowest BCUT2D eigenvalue weighted by molar-refractivity contribution is -0.137. The number of hydrogen-bond donors (Lipinski definition) is 0. The Bertz CT molecular complexity index is 606. The van der Waals surface area contributed by atoms with E-state index in [1.165, 1.54) is 12.1 Å². The van der Waals surface area contributed by atoms with Crippen molar-refractivity contribution in [2.75, 3.05) is 6.61 Å². The van der Waals surface area contributed by atoms with E-state index >= 15 is 0 Å². The first-order chi connectivity index (χ1) is 10.4. The van der Waals surface area contributed by atoms with E-state index < -0.39 is 11.7 Å². The Labute approximate surface area is 128 Å². The summed E-state index contributed by atoms with van der Waals surface area (Å²) in [5.41, 5.74) is 1.39. The molecule has 22 heavy (non-hydrogen) atoms. The Balaban J connectivity index is 2.12. The van der Waals surface area contributed by atoms with E-state index in [9.17, 15) is 13.2 Å². The summed E-state index contributed by atoms with van der Waals surface area (Å²) in [7, 11) is 0. The second-order valence-electron chi connectivity index (χ2n) is 5.50. The Morgan fingerprint density at radius 1 is 1.05 bits per heavy atom. The fourth-order valence-corrected chi connectivity index (χ4v) is 1.95. The smallest absolute Gasteiger partial charge is 0.375 e. The van der Waals surface area contributed by atoms with Crippen molar-refractivity contribution in [1.29, 1.82) is 0 Å². The van der Waals surface area contributed by atoms with Crippen LogP contribution in [0.1, 0.15) is 25.1 Å². The average Bonchev–Trinajstić information content (AvgIpc) is 2.46. The van der Waals surface area contributed by atoms with Crippen LogP contribution in [-0.4, -0.2) is 11.6 Å². The summed E-state index contributed by atoms with van der Waals surface area (Å²) in [6.45, 7) is 5.16. The maximum absolute atomic E-state index is 12.6. The standard InChI is InChI=1S/C17H18F3NO/c1-12(2)10-22-11-15-4-3-5-16(21-15)13-6-8-14(9-7-13)17(18,19)20/h3-9,12H,10-11H2,1-2H3. The zero-order valence-electron chi connectivity index (χ0n) is 12.5. The fourth-order valence-electron chi connectivity index (χ4n) is 1.95. The highest BCUT2D eigenvalue weighted by atomic mass is 19.4. The van der Waals surface area contributed by atoms with Gasteiger partial charge in [0.25, 0.3) is 0 Å². The molecule has 0 N–H and O–H groups in total. The molecule has 0 saturated heterocycles. The van der Waals surface area contributed by atoms with Gasteiger partial charge in [-0.1, -0.05) is 32.0 Å². The lowest BCUT2D eigenvalue weighted by Crippen LogP contribution is -2.04. The first-order valence-electron chi connectivity index (χ1n) is 7.07. The Hall–Kier alpha value is -1.88. The van der Waals surface area contributed by atoms with Crippen LogP contribution in [0, 0.1) is 5.92 Å². The fraction of sp³-hybridized carbons (Fsp3) is 0.353. The molecule has 0 atom stereocenters. The maximum atomic E-state index is 12.6. The highest BCUT2D eigenvalue weighted by Crippen LogP contribution is 2.30. The van der Waals surface area contributed by atoms with Crippen LogP contribution in [0.2, 0.25) is 0 Å². The minimum atomic E-state index is -4.32. The molecule has 1 aromatic carbocycles. The molecule has 0 radical (unpaired) electrons. The van der Waals surface area contributed by atoms with E-state index in [2.05, 4.69) is 18.8 Å². The zero-order valence-corrected chi connectivity index (χ0v) is 12.5. The zero-order chi connectivity index (χ0) is 16.2. The molecule has 0 unspecified atom stereocenters. The van der Waals surface area contributed by atoms with Crippen molar-refractivity contribution in [2.45, 2.75) is 26.6 Å². The number of rotatable bonds is 5. The molecule has 0 aliphatic rings. The number of halogens is 3. The molecular weight excluding hydrogens is 291 g/mol. The molecule has 2 nitrogen and oxygen atoms in total. The number of aromatic nitrogens is 1. The Kier molecular flexibility index (Phi) is 5.19. The lowest BCUT2D eigenvalue weighted by Gasteiger charge is -2.09. The van der Waals surface area contributed by atoms with Crippen LogP contribution in [0.4, 0.5) is 13.2 Å². The third kappa shape index (κ3) is 4.56. The highest BCUT2D eigenvalue weighted by molar-refractivity contribution is 5.59. The molecular formula is C17H18F3NO. The van der Waals surface area contributed by atoms with Gasteiger partial charge in [-0.3, -0.25) is 4.98 Å². The van der Waals surface area contributed by atoms with Crippen molar-refractivity contribution in [2.24, 2.45) is 5.92 Å². The molecule has 0 amide bonds. The number of nitrogens with zero attached hydrogens (tertiary/aromatic N) is 1. The van der Waals surface area contributed by atoms with E-state index in [1.807, 2.05) is 12.1 Å². The molecule has 0 saturated carbocycles. The Morgan fingerprint density at radius 2 is 1.73 bits per heavy atom. The van der Waals surface area contributed by atoms with Gasteiger partial charge in [-0.05, 0) is 30.2 Å². The van der Waals surface area contributed by atoms with Crippen LogP contribution in [0.15, 0.2) is 42.5 Å². The summed E-state index contributed by atoms with van der Waals surface area (Å²) < 4.78 is 43.2. The molecule has 0 spiro atoms. The summed E-state index contributed by atoms with van der Waals surface area (Å²) in [4.78, 5) is 4.43. The molecule has 2 rings (SSSR count). The summed E-state index contributed by atoms with van der Waals surface area (Å²) in [5.74, 6) is 0.443. The molecule has 118 valence electrons. The average molecular weight is 309 g/mol. The van der Waals surface area contributed by atoms with Crippen LogP contribution in [0.5, 0.6) is 0 Å². The van der Waals surface area contributed by atoms with Gasteiger partial charge in [0.05, 0.1) is 23.6 Å². The lowest BCUT2D eigenvalue weighted by atomic mass is 10.1. The van der Waals surface area contributed by atoms with Gasteiger partial charge in [-0.25, -0.2) is 0 Å². The number of pyridine rings is 1. The second kappa shape index (κ2) is 6.92. The van der Waals surface area contributed by atoms with Crippen LogP contribution < -0.4 is 0 Å². The van der Waals surface area contributed by atoms with Gasteiger partial charge in [0.2, 0.25) is 0 Å². The predicted octanol–water partition coefficient (Wildman–Crippen LogP) is 4.94. The van der Waals surface area contributed by atoms with Crippen molar-refractivity contribution in [3.05, 3.63) is 53.7 Å². The first-order valence-corrected chi connectivity index (χ1v) is 7.07. The van der Waals surface area contributed by atoms with Crippen molar-refractivity contribution in [3.63, 3.8) is 0 Å². The molecule has 1 heterocycles. The van der Waals surface area contributed by atoms with E-state index in [0.29, 0.717) is 30.4 Å². The summed E-state index contributed by atoms with van der Waals surface area (Å²) in [6, 6.07) is 10.4. The molecule has 0 fully saturated rings.